The predicted molar refractivity (Wildman–Crippen MR) is 92.7 cm³/mol. The smallest absolute Gasteiger partial charge is 0.224 e. The first-order valence-corrected chi connectivity index (χ1v) is 9.02. The van der Waals surface area contributed by atoms with Gasteiger partial charge in [0.15, 0.2) is 0 Å². The quantitative estimate of drug-likeness (QED) is 0.570. The maximum atomic E-state index is 6.06. The molecule has 0 bridgehead atoms. The molecule has 0 amide bonds. The van der Waals surface area contributed by atoms with Crippen LogP contribution in [-0.2, 0) is 0 Å². The fourth-order valence-corrected chi connectivity index (χ4v) is 4.47. The van der Waals surface area contributed by atoms with Crippen molar-refractivity contribution in [2.24, 2.45) is 0 Å². The van der Waals surface area contributed by atoms with Gasteiger partial charge in [0.05, 0.1) is 10.6 Å². The standard InChI is InChI=1S/C17H18ClN3S/c1-11-7-8-15(22-11)14-9-12-10-19-17(18)20-16(12)21(14)13-5-3-2-4-6-13/h7-10,13H,2-6H2,1H3. The molecule has 0 aliphatic heterocycles. The number of halogens is 1. The van der Waals surface area contributed by atoms with Gasteiger partial charge in [-0.15, -0.1) is 11.3 Å². The van der Waals surface area contributed by atoms with Crippen LogP contribution in [0.4, 0.5) is 0 Å². The summed E-state index contributed by atoms with van der Waals surface area (Å²) in [5, 5.41) is 1.41. The molecular formula is C17H18ClN3S. The third kappa shape index (κ3) is 2.44. The predicted octanol–water partition coefficient (Wildman–Crippen LogP) is 5.63. The molecule has 0 atom stereocenters. The minimum Gasteiger partial charge on any atom is -0.321 e. The maximum absolute atomic E-state index is 6.06. The molecule has 0 saturated heterocycles. The van der Waals surface area contributed by atoms with Crippen molar-refractivity contribution in [3.63, 3.8) is 0 Å². The SMILES string of the molecule is Cc1ccc(-c2cc3cnc(Cl)nc3n2C2CCCCC2)s1. The first-order valence-electron chi connectivity index (χ1n) is 7.82. The zero-order valence-corrected chi connectivity index (χ0v) is 14.1. The van der Waals surface area contributed by atoms with Crippen LogP contribution in [0.2, 0.25) is 5.28 Å². The van der Waals surface area contributed by atoms with Crippen LogP contribution >= 0.6 is 22.9 Å². The number of aromatic nitrogens is 3. The van der Waals surface area contributed by atoms with Crippen LogP contribution in [0.1, 0.15) is 43.0 Å². The van der Waals surface area contributed by atoms with Gasteiger partial charge in [-0.25, -0.2) is 4.98 Å². The molecule has 0 unspecified atom stereocenters. The molecule has 3 heterocycles. The summed E-state index contributed by atoms with van der Waals surface area (Å²) in [6.45, 7) is 2.15. The minimum absolute atomic E-state index is 0.330. The van der Waals surface area contributed by atoms with Crippen LogP contribution < -0.4 is 0 Å². The van der Waals surface area contributed by atoms with Crippen molar-refractivity contribution in [1.29, 1.82) is 0 Å². The summed E-state index contributed by atoms with van der Waals surface area (Å²) in [6.07, 6.45) is 8.23. The fraction of sp³-hybridized carbons (Fsp3) is 0.412. The first-order chi connectivity index (χ1) is 10.7. The van der Waals surface area contributed by atoms with Crippen molar-refractivity contribution < 1.29 is 0 Å². The highest BCUT2D eigenvalue weighted by molar-refractivity contribution is 7.15. The number of rotatable bonds is 2. The largest absolute Gasteiger partial charge is 0.321 e. The summed E-state index contributed by atoms with van der Waals surface area (Å²) in [6, 6.07) is 7.13. The Hall–Kier alpha value is -1.39. The molecule has 3 aromatic rings. The number of hydrogen-bond acceptors (Lipinski definition) is 3. The van der Waals surface area contributed by atoms with E-state index in [0.717, 1.165) is 11.0 Å². The van der Waals surface area contributed by atoms with E-state index in [1.165, 1.54) is 47.6 Å². The number of nitrogens with zero attached hydrogens (tertiary/aromatic N) is 3. The van der Waals surface area contributed by atoms with Gasteiger partial charge in [0.25, 0.3) is 0 Å². The third-order valence-electron chi connectivity index (χ3n) is 4.48. The summed E-state index contributed by atoms with van der Waals surface area (Å²) in [5.74, 6) is 0. The Balaban J connectivity index is 1.94. The molecule has 1 aliphatic rings. The van der Waals surface area contributed by atoms with Crippen LogP contribution in [0.25, 0.3) is 21.6 Å². The Kier molecular flexibility index (Phi) is 3.66. The van der Waals surface area contributed by atoms with Crippen molar-refractivity contribution in [3.05, 3.63) is 34.6 Å². The van der Waals surface area contributed by atoms with Gasteiger partial charge in [0.1, 0.15) is 5.65 Å². The number of hydrogen-bond donors (Lipinski definition) is 0. The number of thiophene rings is 1. The summed E-state index contributed by atoms with van der Waals surface area (Å²) in [4.78, 5) is 11.3. The second kappa shape index (κ2) is 5.67. The van der Waals surface area contributed by atoms with Crippen LogP contribution in [0, 0.1) is 6.92 Å². The minimum atomic E-state index is 0.330. The number of fused-ring (bicyclic) bond motifs is 1. The molecule has 0 spiro atoms. The number of aryl methyl sites for hydroxylation is 1. The molecular weight excluding hydrogens is 314 g/mol. The summed E-state index contributed by atoms with van der Waals surface area (Å²) in [7, 11) is 0. The molecule has 5 heteroatoms. The molecule has 3 nitrogen and oxygen atoms in total. The molecule has 0 aromatic carbocycles. The highest BCUT2D eigenvalue weighted by Gasteiger charge is 2.22. The van der Waals surface area contributed by atoms with Crippen LogP contribution in [0.5, 0.6) is 0 Å². The molecule has 114 valence electrons. The van der Waals surface area contributed by atoms with E-state index < -0.39 is 0 Å². The fourth-order valence-electron chi connectivity index (χ4n) is 3.46. The van der Waals surface area contributed by atoms with Crippen LogP contribution in [0.3, 0.4) is 0 Å². The summed E-state index contributed by atoms with van der Waals surface area (Å²) < 4.78 is 2.41. The monoisotopic (exact) mass is 331 g/mol. The van der Waals surface area contributed by atoms with Crippen molar-refractivity contribution in [2.45, 2.75) is 45.1 Å². The van der Waals surface area contributed by atoms with Crippen molar-refractivity contribution in [2.75, 3.05) is 0 Å². The first kappa shape index (κ1) is 14.2. The summed E-state index contributed by atoms with van der Waals surface area (Å²) >= 11 is 7.89. The molecule has 1 saturated carbocycles. The Morgan fingerprint density at radius 2 is 2.05 bits per heavy atom. The third-order valence-corrected chi connectivity index (χ3v) is 5.68. The highest BCUT2D eigenvalue weighted by Crippen LogP contribution is 2.39. The molecule has 22 heavy (non-hydrogen) atoms. The van der Waals surface area contributed by atoms with Gasteiger partial charge in [-0.1, -0.05) is 19.3 Å². The molecule has 0 N–H and O–H groups in total. The van der Waals surface area contributed by atoms with E-state index in [2.05, 4.69) is 39.7 Å². The average molecular weight is 332 g/mol. The topological polar surface area (TPSA) is 30.7 Å². The molecule has 1 aliphatic carbocycles. The Bertz CT molecular complexity index is 815. The Labute approximate surface area is 139 Å². The van der Waals surface area contributed by atoms with Gasteiger partial charge in [0.2, 0.25) is 5.28 Å². The molecule has 1 fully saturated rings. The molecule has 4 rings (SSSR count). The Morgan fingerprint density at radius 3 is 2.77 bits per heavy atom. The zero-order chi connectivity index (χ0) is 15.1. The van der Waals surface area contributed by atoms with Gasteiger partial charge in [-0.2, -0.15) is 4.98 Å². The van der Waals surface area contributed by atoms with Gasteiger partial charge in [-0.3, -0.25) is 0 Å². The van der Waals surface area contributed by atoms with E-state index in [4.69, 9.17) is 11.6 Å². The van der Waals surface area contributed by atoms with E-state index in [0.29, 0.717) is 11.3 Å². The lowest BCUT2D eigenvalue weighted by molar-refractivity contribution is 0.362. The lowest BCUT2D eigenvalue weighted by Crippen LogP contribution is -2.14. The average Bonchev–Trinajstić information content (AvgIpc) is 3.11. The van der Waals surface area contributed by atoms with Crippen molar-refractivity contribution >= 4 is 34.0 Å². The second-order valence-electron chi connectivity index (χ2n) is 6.02. The highest BCUT2D eigenvalue weighted by atomic mass is 35.5. The van der Waals surface area contributed by atoms with Gasteiger partial charge in [0, 0.05) is 22.5 Å². The van der Waals surface area contributed by atoms with E-state index in [1.807, 2.05) is 17.5 Å². The van der Waals surface area contributed by atoms with Gasteiger partial charge >= 0.3 is 0 Å². The van der Waals surface area contributed by atoms with E-state index in [9.17, 15) is 0 Å². The molecule has 0 radical (unpaired) electrons. The zero-order valence-electron chi connectivity index (χ0n) is 12.6. The summed E-state index contributed by atoms with van der Waals surface area (Å²) in [5.41, 5.74) is 2.24. The van der Waals surface area contributed by atoms with Gasteiger partial charge in [-0.05, 0) is 49.6 Å². The Morgan fingerprint density at radius 1 is 1.23 bits per heavy atom. The molecule has 3 aromatic heterocycles. The maximum Gasteiger partial charge on any atom is 0.224 e. The lowest BCUT2D eigenvalue weighted by Gasteiger charge is -2.25. The second-order valence-corrected chi connectivity index (χ2v) is 7.65. The van der Waals surface area contributed by atoms with Crippen molar-refractivity contribution in [1.82, 2.24) is 14.5 Å². The van der Waals surface area contributed by atoms with E-state index in [1.54, 1.807) is 0 Å². The van der Waals surface area contributed by atoms with E-state index in [-0.39, 0.29) is 0 Å². The van der Waals surface area contributed by atoms with Crippen LogP contribution in [-0.4, -0.2) is 14.5 Å². The van der Waals surface area contributed by atoms with Crippen molar-refractivity contribution in [3.8, 4) is 10.6 Å². The van der Waals surface area contributed by atoms with Crippen LogP contribution in [0.15, 0.2) is 24.4 Å². The normalized spacial score (nSPS) is 16.5. The lowest BCUT2D eigenvalue weighted by atomic mass is 9.95. The van der Waals surface area contributed by atoms with E-state index >= 15 is 0 Å². The van der Waals surface area contributed by atoms with Gasteiger partial charge < -0.3 is 4.57 Å².